The number of guanidine groups is 1. The number of carbonyl (C=O) groups excluding carboxylic acids is 1. The minimum atomic E-state index is -0.00845. The highest BCUT2D eigenvalue weighted by atomic mass is 16.5. The molecule has 2 unspecified atom stereocenters. The number of ether oxygens (including phenoxy) is 2. The van der Waals surface area contributed by atoms with E-state index in [4.69, 9.17) is 9.47 Å². The lowest BCUT2D eigenvalue weighted by molar-refractivity contribution is -0.127. The summed E-state index contributed by atoms with van der Waals surface area (Å²) in [6.07, 6.45) is 0. The fourth-order valence-corrected chi connectivity index (χ4v) is 2.98. The van der Waals surface area contributed by atoms with Gasteiger partial charge in [-0.2, -0.15) is 0 Å². The van der Waals surface area contributed by atoms with Gasteiger partial charge in [-0.3, -0.25) is 9.69 Å². The minimum absolute atomic E-state index is 0.00845. The molecule has 25 heavy (non-hydrogen) atoms. The second-order valence-corrected chi connectivity index (χ2v) is 6.68. The van der Waals surface area contributed by atoms with Crippen LogP contribution >= 0.6 is 0 Å². The van der Waals surface area contributed by atoms with Gasteiger partial charge >= 0.3 is 0 Å². The van der Waals surface area contributed by atoms with Gasteiger partial charge in [-0.25, -0.2) is 4.99 Å². The molecule has 0 radical (unpaired) electrons. The Hall–Kier alpha value is -1.38. The maximum atomic E-state index is 11.9. The first kappa shape index (κ1) is 21.7. The van der Waals surface area contributed by atoms with E-state index in [9.17, 15) is 4.79 Å². The molecular formula is C17H35N5O3. The third-order valence-electron chi connectivity index (χ3n) is 4.41. The van der Waals surface area contributed by atoms with Crippen LogP contribution in [0, 0.1) is 0 Å². The molecule has 0 aromatic rings. The normalized spacial score (nSPS) is 22.2. The van der Waals surface area contributed by atoms with Gasteiger partial charge in [-0.1, -0.05) is 0 Å². The van der Waals surface area contributed by atoms with Crippen molar-refractivity contribution in [3.63, 3.8) is 0 Å². The highest BCUT2D eigenvalue weighted by Gasteiger charge is 2.30. The zero-order valence-electron chi connectivity index (χ0n) is 16.6. The summed E-state index contributed by atoms with van der Waals surface area (Å²) in [5.74, 6) is 0.767. The van der Waals surface area contributed by atoms with Gasteiger partial charge in [0.15, 0.2) is 5.96 Å². The molecule has 1 heterocycles. The predicted octanol–water partition coefficient (Wildman–Crippen LogP) is -0.292. The largest absolute Gasteiger partial charge is 0.383 e. The monoisotopic (exact) mass is 357 g/mol. The Morgan fingerprint density at radius 3 is 2.28 bits per heavy atom. The van der Waals surface area contributed by atoms with Crippen LogP contribution in [0.5, 0.6) is 0 Å². The van der Waals surface area contributed by atoms with Crippen LogP contribution < -0.4 is 5.32 Å². The standard InChI is InChI=1S/C17H35N5O3/c1-14-12-21(13-15(2)22(14)8-10-25-6)17(18-7-9-24-5)19-11-16(23)20(3)4/h14-15H,7-13H2,1-6H3,(H,18,19). The summed E-state index contributed by atoms with van der Waals surface area (Å²) in [7, 11) is 6.90. The van der Waals surface area contributed by atoms with Crippen LogP contribution in [0.15, 0.2) is 4.99 Å². The number of likely N-dealkylation sites (N-methyl/N-ethyl adjacent to an activating group) is 1. The van der Waals surface area contributed by atoms with E-state index in [0.717, 1.165) is 32.2 Å². The average molecular weight is 357 g/mol. The lowest BCUT2D eigenvalue weighted by atomic mass is 10.1. The molecule has 2 atom stereocenters. The average Bonchev–Trinajstić information content (AvgIpc) is 2.56. The van der Waals surface area contributed by atoms with Crippen molar-refractivity contribution in [3.05, 3.63) is 0 Å². The van der Waals surface area contributed by atoms with E-state index < -0.39 is 0 Å². The number of nitrogens with one attached hydrogen (secondary N) is 1. The van der Waals surface area contributed by atoms with E-state index in [-0.39, 0.29) is 12.5 Å². The third kappa shape index (κ3) is 7.17. The molecule has 1 rings (SSSR count). The second kappa shape index (κ2) is 11.3. The Kier molecular flexibility index (Phi) is 9.77. The minimum Gasteiger partial charge on any atom is -0.383 e. The van der Waals surface area contributed by atoms with Crippen molar-refractivity contribution < 1.29 is 14.3 Å². The number of nitrogens with zero attached hydrogens (tertiary/aromatic N) is 4. The number of rotatable bonds is 8. The second-order valence-electron chi connectivity index (χ2n) is 6.68. The Morgan fingerprint density at radius 2 is 1.76 bits per heavy atom. The van der Waals surface area contributed by atoms with Crippen LogP contribution in [0.4, 0.5) is 0 Å². The third-order valence-corrected chi connectivity index (χ3v) is 4.41. The van der Waals surface area contributed by atoms with Crippen molar-refractivity contribution >= 4 is 11.9 Å². The lowest BCUT2D eigenvalue weighted by Crippen LogP contribution is -2.60. The van der Waals surface area contributed by atoms with Crippen molar-refractivity contribution in [3.8, 4) is 0 Å². The molecule has 1 saturated heterocycles. The summed E-state index contributed by atoms with van der Waals surface area (Å²) in [4.78, 5) is 22.7. The molecule has 8 nitrogen and oxygen atoms in total. The van der Waals surface area contributed by atoms with Crippen LogP contribution in [0.3, 0.4) is 0 Å². The molecule has 0 aromatic heterocycles. The highest BCUT2D eigenvalue weighted by molar-refractivity contribution is 5.85. The summed E-state index contributed by atoms with van der Waals surface area (Å²) >= 11 is 0. The Balaban J connectivity index is 2.77. The van der Waals surface area contributed by atoms with Crippen molar-refractivity contribution in [1.82, 2.24) is 20.0 Å². The quantitative estimate of drug-likeness (QED) is 0.366. The molecule has 0 aliphatic carbocycles. The lowest BCUT2D eigenvalue weighted by Gasteiger charge is -2.45. The van der Waals surface area contributed by atoms with Gasteiger partial charge in [0, 0.05) is 66.6 Å². The fraction of sp³-hybridized carbons (Fsp3) is 0.882. The van der Waals surface area contributed by atoms with Gasteiger partial charge in [0.05, 0.1) is 13.2 Å². The van der Waals surface area contributed by atoms with E-state index in [1.165, 1.54) is 0 Å². The van der Waals surface area contributed by atoms with Gasteiger partial charge in [-0.05, 0) is 13.8 Å². The van der Waals surface area contributed by atoms with Crippen molar-refractivity contribution in [1.29, 1.82) is 0 Å². The summed E-state index contributed by atoms with van der Waals surface area (Å²) < 4.78 is 10.3. The molecule has 1 N–H and O–H groups in total. The van der Waals surface area contributed by atoms with Crippen LogP contribution in [-0.4, -0.2) is 113 Å². The summed E-state index contributed by atoms with van der Waals surface area (Å²) in [5.41, 5.74) is 0. The van der Waals surface area contributed by atoms with Gasteiger partial charge < -0.3 is 24.6 Å². The summed E-state index contributed by atoms with van der Waals surface area (Å²) in [6.45, 7) is 9.24. The van der Waals surface area contributed by atoms with Gasteiger partial charge in [0.2, 0.25) is 5.91 Å². The maximum Gasteiger partial charge on any atom is 0.243 e. The smallest absolute Gasteiger partial charge is 0.243 e. The van der Waals surface area contributed by atoms with Gasteiger partial charge in [-0.15, -0.1) is 0 Å². The zero-order chi connectivity index (χ0) is 18.8. The molecule has 146 valence electrons. The molecule has 0 bridgehead atoms. The number of hydrogen-bond acceptors (Lipinski definition) is 5. The van der Waals surface area contributed by atoms with Crippen LogP contribution in [0.25, 0.3) is 0 Å². The van der Waals surface area contributed by atoms with Crippen LogP contribution in [0.2, 0.25) is 0 Å². The number of carbonyl (C=O) groups is 1. The molecule has 1 amide bonds. The highest BCUT2D eigenvalue weighted by Crippen LogP contribution is 2.15. The van der Waals surface area contributed by atoms with E-state index in [2.05, 4.69) is 34.0 Å². The molecule has 8 heteroatoms. The van der Waals surface area contributed by atoms with Crippen molar-refractivity contribution in [2.45, 2.75) is 25.9 Å². The first-order chi connectivity index (χ1) is 11.9. The number of amides is 1. The van der Waals surface area contributed by atoms with E-state index in [0.29, 0.717) is 25.2 Å². The van der Waals surface area contributed by atoms with E-state index >= 15 is 0 Å². The number of hydrogen-bond donors (Lipinski definition) is 1. The molecule has 1 fully saturated rings. The van der Waals surface area contributed by atoms with Crippen LogP contribution in [0.1, 0.15) is 13.8 Å². The SMILES string of the molecule is COCCNC(=NCC(=O)N(C)C)N1CC(C)N(CCOC)C(C)C1. The molecular weight excluding hydrogens is 322 g/mol. The predicted molar refractivity (Wildman–Crippen MR) is 100.0 cm³/mol. The fourth-order valence-electron chi connectivity index (χ4n) is 2.98. The van der Waals surface area contributed by atoms with Gasteiger partial charge in [0.25, 0.3) is 0 Å². The van der Waals surface area contributed by atoms with E-state index in [1.54, 1.807) is 33.2 Å². The topological polar surface area (TPSA) is 69.6 Å². The van der Waals surface area contributed by atoms with Crippen molar-refractivity contribution in [2.24, 2.45) is 4.99 Å². The Labute approximate surface area is 152 Å². The Morgan fingerprint density at radius 1 is 1.16 bits per heavy atom. The Bertz CT molecular complexity index is 419. The molecule has 0 spiro atoms. The van der Waals surface area contributed by atoms with Gasteiger partial charge in [0.1, 0.15) is 6.54 Å². The maximum absolute atomic E-state index is 11.9. The van der Waals surface area contributed by atoms with E-state index in [1.807, 2.05) is 0 Å². The molecule has 0 saturated carbocycles. The summed E-state index contributed by atoms with van der Waals surface area (Å²) in [6, 6.07) is 0.774. The zero-order valence-corrected chi connectivity index (χ0v) is 16.6. The molecule has 1 aliphatic heterocycles. The summed E-state index contributed by atoms with van der Waals surface area (Å²) in [5, 5.41) is 3.32. The number of aliphatic imine (C=N–C) groups is 1. The van der Waals surface area contributed by atoms with Crippen LogP contribution in [-0.2, 0) is 14.3 Å². The number of piperazine rings is 1. The molecule has 0 aromatic carbocycles. The first-order valence-corrected chi connectivity index (χ1v) is 8.87. The molecule has 1 aliphatic rings. The number of methoxy groups -OCH3 is 2. The van der Waals surface area contributed by atoms with Crippen molar-refractivity contribution in [2.75, 3.05) is 74.3 Å². The first-order valence-electron chi connectivity index (χ1n) is 8.87.